The van der Waals surface area contributed by atoms with Crippen molar-refractivity contribution >= 4 is 23.0 Å². The van der Waals surface area contributed by atoms with Crippen LogP contribution in [0.3, 0.4) is 0 Å². The number of hydrazone groups is 1. The summed E-state index contributed by atoms with van der Waals surface area (Å²) in [6, 6.07) is 14.6. The summed E-state index contributed by atoms with van der Waals surface area (Å²) >= 11 is 0. The lowest BCUT2D eigenvalue weighted by Gasteiger charge is -2.13. The predicted molar refractivity (Wildman–Crippen MR) is 103 cm³/mol. The Kier molecular flexibility index (Phi) is 5.51. The van der Waals surface area contributed by atoms with Crippen LogP contribution >= 0.6 is 0 Å². The number of methoxy groups -OCH3 is 3. The number of hydrogen-bond donors (Lipinski definition) is 1. The maximum atomic E-state index is 12.3. The topological polar surface area (TPSA) is 82.0 Å². The normalized spacial score (nSPS) is 10.8. The molecule has 2 aromatic carbocycles. The van der Waals surface area contributed by atoms with Gasteiger partial charge in [0.1, 0.15) is 5.69 Å². The zero-order valence-electron chi connectivity index (χ0n) is 15.2. The van der Waals surface area contributed by atoms with E-state index in [4.69, 9.17) is 14.2 Å². The molecule has 138 valence electrons. The molecule has 0 aliphatic rings. The number of fused-ring (bicyclic) bond motifs is 1. The second kappa shape index (κ2) is 8.18. The van der Waals surface area contributed by atoms with Crippen molar-refractivity contribution in [2.45, 2.75) is 0 Å². The van der Waals surface area contributed by atoms with Gasteiger partial charge in [-0.15, -0.1) is 0 Å². The third kappa shape index (κ3) is 3.82. The Morgan fingerprint density at radius 2 is 1.74 bits per heavy atom. The highest BCUT2D eigenvalue weighted by Gasteiger charge is 2.14. The van der Waals surface area contributed by atoms with Crippen molar-refractivity contribution < 1.29 is 19.0 Å². The van der Waals surface area contributed by atoms with Gasteiger partial charge in [-0.25, -0.2) is 10.4 Å². The lowest BCUT2D eigenvalue weighted by atomic mass is 10.2. The minimum Gasteiger partial charge on any atom is -0.493 e. The van der Waals surface area contributed by atoms with Crippen molar-refractivity contribution in [2.75, 3.05) is 21.3 Å². The number of carbonyl (C=O) groups excluding carboxylic acids is 1. The summed E-state index contributed by atoms with van der Waals surface area (Å²) in [4.78, 5) is 16.6. The Bertz CT molecular complexity index is 1000. The zero-order chi connectivity index (χ0) is 19.2. The molecule has 3 aromatic rings. The summed E-state index contributed by atoms with van der Waals surface area (Å²) in [5.74, 6) is 1.04. The molecular weight excluding hydrogens is 346 g/mol. The number of nitrogens with one attached hydrogen (secondary N) is 1. The van der Waals surface area contributed by atoms with E-state index in [0.717, 1.165) is 10.9 Å². The number of para-hydroxylation sites is 1. The third-order valence-corrected chi connectivity index (χ3v) is 3.94. The van der Waals surface area contributed by atoms with Gasteiger partial charge in [0.05, 0.1) is 33.1 Å². The molecule has 0 bridgehead atoms. The number of carbonyl (C=O) groups is 1. The molecule has 7 heteroatoms. The largest absolute Gasteiger partial charge is 0.493 e. The number of nitrogens with zero attached hydrogens (tertiary/aromatic N) is 2. The Labute approximate surface area is 156 Å². The average molecular weight is 365 g/mol. The van der Waals surface area contributed by atoms with Gasteiger partial charge in [-0.2, -0.15) is 5.10 Å². The fourth-order valence-electron chi connectivity index (χ4n) is 2.64. The molecule has 1 heterocycles. The molecule has 0 radical (unpaired) electrons. The van der Waals surface area contributed by atoms with Gasteiger partial charge in [-0.3, -0.25) is 4.79 Å². The van der Waals surface area contributed by atoms with Gasteiger partial charge in [-0.1, -0.05) is 24.3 Å². The van der Waals surface area contributed by atoms with Crippen LogP contribution in [0.2, 0.25) is 0 Å². The van der Waals surface area contributed by atoms with Crippen molar-refractivity contribution in [2.24, 2.45) is 5.10 Å². The average Bonchev–Trinajstić information content (AvgIpc) is 2.72. The second-order valence-corrected chi connectivity index (χ2v) is 5.51. The molecule has 1 N–H and O–H groups in total. The fraction of sp³-hybridized carbons (Fsp3) is 0.150. The van der Waals surface area contributed by atoms with Crippen molar-refractivity contribution in [1.29, 1.82) is 0 Å². The van der Waals surface area contributed by atoms with Crippen LogP contribution in [-0.4, -0.2) is 38.4 Å². The predicted octanol–water partition coefficient (Wildman–Crippen LogP) is 3.02. The van der Waals surface area contributed by atoms with Crippen molar-refractivity contribution in [1.82, 2.24) is 10.4 Å². The number of hydrogen-bond acceptors (Lipinski definition) is 6. The number of rotatable bonds is 6. The smallest absolute Gasteiger partial charge is 0.289 e. The first-order valence-electron chi connectivity index (χ1n) is 8.16. The molecule has 0 aliphatic heterocycles. The first-order chi connectivity index (χ1) is 13.2. The van der Waals surface area contributed by atoms with Crippen LogP contribution in [0.4, 0.5) is 0 Å². The Morgan fingerprint density at radius 3 is 2.48 bits per heavy atom. The minimum absolute atomic E-state index is 0.283. The van der Waals surface area contributed by atoms with Crippen molar-refractivity contribution in [3.8, 4) is 17.2 Å². The van der Waals surface area contributed by atoms with Gasteiger partial charge in [0.2, 0.25) is 5.75 Å². The van der Waals surface area contributed by atoms with Gasteiger partial charge in [0.25, 0.3) is 5.91 Å². The molecule has 7 nitrogen and oxygen atoms in total. The lowest BCUT2D eigenvalue weighted by Crippen LogP contribution is -2.19. The molecule has 0 saturated heterocycles. The van der Waals surface area contributed by atoms with E-state index >= 15 is 0 Å². The molecule has 27 heavy (non-hydrogen) atoms. The van der Waals surface area contributed by atoms with E-state index in [-0.39, 0.29) is 5.69 Å². The quantitative estimate of drug-likeness (QED) is 0.536. The molecule has 1 amide bonds. The molecule has 3 rings (SSSR count). The lowest BCUT2D eigenvalue weighted by molar-refractivity contribution is 0.0950. The molecule has 0 spiro atoms. The van der Waals surface area contributed by atoms with Crippen LogP contribution in [0.5, 0.6) is 17.2 Å². The highest BCUT2D eigenvalue weighted by molar-refractivity contribution is 5.95. The highest BCUT2D eigenvalue weighted by atomic mass is 16.5. The van der Waals surface area contributed by atoms with Crippen molar-refractivity contribution in [3.63, 3.8) is 0 Å². The monoisotopic (exact) mass is 365 g/mol. The molecule has 0 atom stereocenters. The number of amides is 1. The van der Waals surface area contributed by atoms with E-state index in [1.165, 1.54) is 20.4 Å². The van der Waals surface area contributed by atoms with Crippen LogP contribution in [0.1, 0.15) is 16.1 Å². The molecule has 0 fully saturated rings. The van der Waals surface area contributed by atoms with Gasteiger partial charge >= 0.3 is 0 Å². The summed E-state index contributed by atoms with van der Waals surface area (Å²) in [7, 11) is 4.59. The highest BCUT2D eigenvalue weighted by Crippen LogP contribution is 2.38. The molecule has 0 saturated carbocycles. The number of aromatic nitrogens is 1. The van der Waals surface area contributed by atoms with Crippen LogP contribution in [0.15, 0.2) is 53.6 Å². The van der Waals surface area contributed by atoms with Gasteiger partial charge in [0, 0.05) is 10.9 Å². The van der Waals surface area contributed by atoms with E-state index in [9.17, 15) is 4.79 Å². The molecule has 0 unspecified atom stereocenters. The minimum atomic E-state index is -0.406. The molecular formula is C20H19N3O4. The summed E-state index contributed by atoms with van der Waals surface area (Å²) in [6.07, 6.45) is 1.47. The second-order valence-electron chi connectivity index (χ2n) is 5.51. The maximum absolute atomic E-state index is 12.3. The Balaban J connectivity index is 1.79. The number of benzene rings is 2. The fourth-order valence-corrected chi connectivity index (χ4v) is 2.64. The van der Waals surface area contributed by atoms with Gasteiger partial charge in [0.15, 0.2) is 11.5 Å². The maximum Gasteiger partial charge on any atom is 0.289 e. The molecule has 1 aromatic heterocycles. The van der Waals surface area contributed by atoms with E-state index in [0.29, 0.717) is 22.8 Å². The van der Waals surface area contributed by atoms with Crippen LogP contribution in [-0.2, 0) is 0 Å². The zero-order valence-corrected chi connectivity index (χ0v) is 15.2. The number of ether oxygens (including phenoxy) is 3. The van der Waals surface area contributed by atoms with Crippen LogP contribution < -0.4 is 19.6 Å². The van der Waals surface area contributed by atoms with Crippen LogP contribution in [0, 0.1) is 0 Å². The number of pyridine rings is 1. The Morgan fingerprint density at radius 1 is 0.963 bits per heavy atom. The first kappa shape index (κ1) is 18.2. The van der Waals surface area contributed by atoms with Crippen LogP contribution in [0.25, 0.3) is 10.9 Å². The third-order valence-electron chi connectivity index (χ3n) is 3.94. The van der Waals surface area contributed by atoms with E-state index in [1.54, 1.807) is 25.3 Å². The first-order valence-corrected chi connectivity index (χ1v) is 8.16. The summed E-state index contributed by atoms with van der Waals surface area (Å²) in [5.41, 5.74) is 4.13. The van der Waals surface area contributed by atoms with E-state index < -0.39 is 5.91 Å². The molecule has 0 aliphatic carbocycles. The SMILES string of the molecule is COc1ccc(/C=N\NC(=O)c2ccc3ccccc3n2)c(OC)c1OC. The van der Waals surface area contributed by atoms with E-state index in [1.807, 2.05) is 30.3 Å². The van der Waals surface area contributed by atoms with Gasteiger partial charge < -0.3 is 14.2 Å². The summed E-state index contributed by atoms with van der Waals surface area (Å²) in [5, 5.41) is 4.96. The Hall–Kier alpha value is -3.61. The van der Waals surface area contributed by atoms with Gasteiger partial charge in [-0.05, 0) is 24.3 Å². The summed E-state index contributed by atoms with van der Waals surface area (Å²) in [6.45, 7) is 0. The summed E-state index contributed by atoms with van der Waals surface area (Å²) < 4.78 is 15.9. The standard InChI is InChI=1S/C20H19N3O4/c1-25-17-11-9-14(18(26-2)19(17)27-3)12-21-23-20(24)16-10-8-13-6-4-5-7-15(13)22-16/h4-12H,1-3H3,(H,23,24)/b21-12-. The van der Waals surface area contributed by atoms with Crippen molar-refractivity contribution in [3.05, 3.63) is 59.8 Å². The van der Waals surface area contributed by atoms with E-state index in [2.05, 4.69) is 15.5 Å².